The summed E-state index contributed by atoms with van der Waals surface area (Å²) in [4.78, 5) is 18.0. The molecule has 0 spiro atoms. The smallest absolute Gasteiger partial charge is 0.333 e. The van der Waals surface area contributed by atoms with Crippen molar-refractivity contribution in [2.24, 2.45) is 5.92 Å². The van der Waals surface area contributed by atoms with Crippen molar-refractivity contribution in [1.82, 2.24) is 9.88 Å². The maximum Gasteiger partial charge on any atom is 0.333 e. The van der Waals surface area contributed by atoms with E-state index in [2.05, 4.69) is 42.8 Å². The average molecular weight is 320 g/mol. The van der Waals surface area contributed by atoms with E-state index in [-0.39, 0.29) is 11.3 Å². The maximum atomic E-state index is 11.2. The molecule has 1 aromatic heterocycles. The van der Waals surface area contributed by atoms with E-state index in [0.29, 0.717) is 0 Å². The third-order valence-corrected chi connectivity index (χ3v) is 4.63. The number of hydrogen-bond donors (Lipinski definition) is 1. The van der Waals surface area contributed by atoms with Crippen LogP contribution in [0.25, 0.3) is 0 Å². The van der Waals surface area contributed by atoms with Crippen LogP contribution in [0, 0.1) is 5.92 Å². The Morgan fingerprint density at radius 3 is 2.61 bits per heavy atom. The van der Waals surface area contributed by atoms with Gasteiger partial charge in [-0.2, -0.15) is 0 Å². The van der Waals surface area contributed by atoms with Gasteiger partial charge >= 0.3 is 5.97 Å². The highest BCUT2D eigenvalue weighted by Gasteiger charge is 2.31. The molecule has 1 aliphatic rings. The number of rotatable bonds is 5. The first-order valence-electron chi connectivity index (χ1n) is 8.24. The van der Waals surface area contributed by atoms with Crippen molar-refractivity contribution >= 4 is 5.97 Å². The lowest BCUT2D eigenvalue weighted by molar-refractivity contribution is -0.153. The summed E-state index contributed by atoms with van der Waals surface area (Å²) in [5.74, 6) is -0.756. The molecule has 1 aliphatic heterocycles. The van der Waals surface area contributed by atoms with E-state index in [1.807, 2.05) is 6.20 Å². The van der Waals surface area contributed by atoms with Gasteiger partial charge in [-0.3, -0.25) is 9.88 Å². The normalized spacial score (nSPS) is 18.8. The van der Waals surface area contributed by atoms with Gasteiger partial charge in [0.15, 0.2) is 6.10 Å². The molecule has 5 heteroatoms. The number of carboxylic acids is 1. The molecule has 1 unspecified atom stereocenters. The Hall–Kier alpha value is -1.46. The highest BCUT2D eigenvalue weighted by Crippen LogP contribution is 2.25. The summed E-state index contributed by atoms with van der Waals surface area (Å²) in [5.41, 5.74) is 2.50. The Morgan fingerprint density at radius 2 is 2.09 bits per heavy atom. The minimum Gasteiger partial charge on any atom is -0.479 e. The largest absolute Gasteiger partial charge is 0.479 e. The van der Waals surface area contributed by atoms with Crippen molar-refractivity contribution in [2.45, 2.75) is 51.7 Å². The second-order valence-electron chi connectivity index (χ2n) is 7.39. The van der Waals surface area contributed by atoms with Crippen molar-refractivity contribution in [3.63, 3.8) is 0 Å². The monoisotopic (exact) mass is 320 g/mol. The molecule has 0 radical (unpaired) electrons. The summed E-state index contributed by atoms with van der Waals surface area (Å²) in [6.45, 7) is 9.21. The number of methoxy groups -OCH3 is 1. The van der Waals surface area contributed by atoms with Crippen LogP contribution in [0.15, 0.2) is 18.3 Å². The van der Waals surface area contributed by atoms with Crippen molar-refractivity contribution in [3.05, 3.63) is 29.6 Å². The van der Waals surface area contributed by atoms with E-state index in [1.165, 1.54) is 12.7 Å². The lowest BCUT2D eigenvalue weighted by atomic mass is 9.87. The number of piperidine rings is 1. The highest BCUT2D eigenvalue weighted by atomic mass is 16.5. The van der Waals surface area contributed by atoms with Gasteiger partial charge in [-0.15, -0.1) is 0 Å². The fourth-order valence-corrected chi connectivity index (χ4v) is 3.17. The van der Waals surface area contributed by atoms with Crippen LogP contribution in [-0.4, -0.2) is 47.3 Å². The number of nitrogens with zero attached hydrogens (tertiary/aromatic N) is 2. The van der Waals surface area contributed by atoms with Crippen LogP contribution in [0.5, 0.6) is 0 Å². The van der Waals surface area contributed by atoms with E-state index in [4.69, 9.17) is 4.74 Å². The lowest BCUT2D eigenvalue weighted by Gasteiger charge is -2.34. The molecule has 1 saturated heterocycles. The van der Waals surface area contributed by atoms with Crippen LogP contribution >= 0.6 is 0 Å². The molecule has 5 nitrogen and oxygen atoms in total. The minimum atomic E-state index is -0.856. The number of carboxylic acid groups (broad SMARTS) is 1. The summed E-state index contributed by atoms with van der Waals surface area (Å²) in [6.07, 6.45) is 2.90. The highest BCUT2D eigenvalue weighted by molar-refractivity contribution is 5.72. The van der Waals surface area contributed by atoms with Crippen molar-refractivity contribution in [2.75, 3.05) is 20.2 Å². The van der Waals surface area contributed by atoms with Gasteiger partial charge in [-0.1, -0.05) is 20.8 Å². The zero-order valence-electron chi connectivity index (χ0n) is 14.6. The number of likely N-dealkylation sites (tertiary alicyclic amines) is 1. The standard InChI is InChI=1S/C18H28N2O3/c1-18(2,3)14-5-8-19-15(11-14)12-20-9-6-13(7-10-20)16(23-4)17(21)22/h5,8,11,13,16H,6-7,9-10,12H2,1-4H3,(H,21,22). The van der Waals surface area contributed by atoms with Crippen LogP contribution in [0.3, 0.4) is 0 Å². The molecule has 23 heavy (non-hydrogen) atoms. The molecule has 128 valence electrons. The zero-order chi connectivity index (χ0) is 17.0. The number of carbonyl (C=O) groups is 1. The van der Waals surface area contributed by atoms with Gasteiger partial charge < -0.3 is 9.84 Å². The van der Waals surface area contributed by atoms with Crippen molar-refractivity contribution in [1.29, 1.82) is 0 Å². The molecule has 0 bridgehead atoms. The van der Waals surface area contributed by atoms with Crippen LogP contribution in [0.2, 0.25) is 0 Å². The topological polar surface area (TPSA) is 62.7 Å². The first kappa shape index (κ1) is 17.9. The Bertz CT molecular complexity index is 531. The Kier molecular flexibility index (Phi) is 5.76. The number of ether oxygens (including phenoxy) is 1. The third-order valence-electron chi connectivity index (χ3n) is 4.63. The van der Waals surface area contributed by atoms with Crippen LogP contribution < -0.4 is 0 Å². The van der Waals surface area contributed by atoms with Gasteiger partial charge in [0.2, 0.25) is 0 Å². The molecular formula is C18H28N2O3. The van der Waals surface area contributed by atoms with E-state index in [1.54, 1.807) is 0 Å². The first-order chi connectivity index (χ1) is 10.8. The quantitative estimate of drug-likeness (QED) is 0.904. The number of aliphatic carboxylic acids is 1. The van der Waals surface area contributed by atoms with Crippen LogP contribution in [0.1, 0.15) is 44.9 Å². The van der Waals surface area contributed by atoms with Gasteiger partial charge in [0.25, 0.3) is 0 Å². The molecule has 0 aliphatic carbocycles. The predicted molar refractivity (Wildman–Crippen MR) is 89.4 cm³/mol. The minimum absolute atomic E-state index is 0.0996. The Morgan fingerprint density at radius 1 is 1.43 bits per heavy atom. The van der Waals surface area contributed by atoms with E-state index in [9.17, 15) is 9.90 Å². The molecule has 1 N–H and O–H groups in total. The Balaban J connectivity index is 1.93. The molecule has 2 rings (SSSR count). The lowest BCUT2D eigenvalue weighted by Crippen LogP contribution is -2.41. The molecule has 0 amide bonds. The molecule has 1 aromatic rings. The van der Waals surface area contributed by atoms with Gasteiger partial charge in [0.05, 0.1) is 5.69 Å². The molecular weight excluding hydrogens is 292 g/mol. The third kappa shape index (κ3) is 4.75. The van der Waals surface area contributed by atoms with Gasteiger partial charge in [0, 0.05) is 19.9 Å². The predicted octanol–water partition coefficient (Wildman–Crippen LogP) is 2.69. The summed E-state index contributed by atoms with van der Waals surface area (Å²) in [7, 11) is 1.48. The van der Waals surface area contributed by atoms with Crippen LogP contribution in [0.4, 0.5) is 0 Å². The van der Waals surface area contributed by atoms with E-state index < -0.39 is 12.1 Å². The summed E-state index contributed by atoms with van der Waals surface area (Å²) in [5, 5.41) is 9.18. The SMILES string of the molecule is COC(C(=O)O)C1CCN(Cc2cc(C(C)(C)C)ccn2)CC1. The maximum absolute atomic E-state index is 11.2. The van der Waals surface area contributed by atoms with E-state index >= 15 is 0 Å². The average Bonchev–Trinajstić information content (AvgIpc) is 2.49. The van der Waals surface area contributed by atoms with E-state index in [0.717, 1.165) is 38.2 Å². The summed E-state index contributed by atoms with van der Waals surface area (Å²) < 4.78 is 5.13. The van der Waals surface area contributed by atoms with Crippen LogP contribution in [-0.2, 0) is 21.5 Å². The van der Waals surface area contributed by atoms with Crippen molar-refractivity contribution in [3.8, 4) is 0 Å². The first-order valence-corrected chi connectivity index (χ1v) is 8.24. The fourth-order valence-electron chi connectivity index (χ4n) is 3.17. The second kappa shape index (κ2) is 7.41. The van der Waals surface area contributed by atoms with Crippen molar-refractivity contribution < 1.29 is 14.6 Å². The zero-order valence-corrected chi connectivity index (χ0v) is 14.6. The fraction of sp³-hybridized carbons (Fsp3) is 0.667. The number of pyridine rings is 1. The second-order valence-corrected chi connectivity index (χ2v) is 7.39. The van der Waals surface area contributed by atoms with Gasteiger partial charge in [0.1, 0.15) is 0 Å². The van der Waals surface area contributed by atoms with Gasteiger partial charge in [-0.25, -0.2) is 4.79 Å². The number of hydrogen-bond acceptors (Lipinski definition) is 4. The summed E-state index contributed by atoms with van der Waals surface area (Å²) >= 11 is 0. The molecule has 0 saturated carbocycles. The molecule has 2 heterocycles. The number of aromatic nitrogens is 1. The Labute approximate surface area is 138 Å². The summed E-state index contributed by atoms with van der Waals surface area (Å²) in [6, 6.07) is 4.26. The van der Waals surface area contributed by atoms with Gasteiger partial charge in [-0.05, 0) is 55.0 Å². The molecule has 1 atom stereocenters. The molecule has 0 aromatic carbocycles. The molecule has 1 fully saturated rings.